The summed E-state index contributed by atoms with van der Waals surface area (Å²) in [5, 5.41) is 17.9. The van der Waals surface area contributed by atoms with Crippen LogP contribution in [0.25, 0.3) is 5.69 Å². The van der Waals surface area contributed by atoms with Gasteiger partial charge in [-0.3, -0.25) is 14.9 Å². The van der Waals surface area contributed by atoms with Crippen LogP contribution in [0.3, 0.4) is 0 Å². The fourth-order valence-electron chi connectivity index (χ4n) is 2.70. The number of nitrogens with one attached hydrogen (secondary N) is 1. The van der Waals surface area contributed by atoms with Gasteiger partial charge in [0.1, 0.15) is 0 Å². The van der Waals surface area contributed by atoms with Crippen molar-refractivity contribution in [2.75, 3.05) is 18.5 Å². The van der Waals surface area contributed by atoms with Crippen LogP contribution in [0.1, 0.15) is 17.4 Å². The van der Waals surface area contributed by atoms with Crippen LogP contribution in [0.15, 0.2) is 66.9 Å². The van der Waals surface area contributed by atoms with Crippen LogP contribution in [0.5, 0.6) is 0 Å². The molecule has 1 N–H and O–H groups in total. The summed E-state index contributed by atoms with van der Waals surface area (Å²) in [6.07, 6.45) is 1.65. The van der Waals surface area contributed by atoms with Gasteiger partial charge in [0, 0.05) is 43.7 Å². The number of non-ortho nitro benzene ring substituents is 1. The molecule has 1 aromatic heterocycles. The zero-order valence-electron chi connectivity index (χ0n) is 15.6. The molecule has 2 aromatic carbocycles. The van der Waals surface area contributed by atoms with Crippen molar-refractivity contribution in [1.82, 2.24) is 15.1 Å². The molecule has 144 valence electrons. The summed E-state index contributed by atoms with van der Waals surface area (Å²) in [5.74, 6) is -0.269. The van der Waals surface area contributed by atoms with Gasteiger partial charge in [-0.25, -0.2) is 4.68 Å². The molecule has 1 amide bonds. The van der Waals surface area contributed by atoms with E-state index in [0.29, 0.717) is 12.2 Å². The van der Waals surface area contributed by atoms with Gasteiger partial charge in [-0.15, -0.1) is 0 Å². The smallest absolute Gasteiger partial charge is 0.271 e. The Morgan fingerprint density at radius 3 is 2.50 bits per heavy atom. The Hall–Kier alpha value is -3.68. The van der Waals surface area contributed by atoms with Crippen molar-refractivity contribution in [3.05, 3.63) is 82.7 Å². The molecule has 28 heavy (non-hydrogen) atoms. The highest BCUT2D eigenvalue weighted by Crippen LogP contribution is 2.15. The molecule has 0 spiro atoms. The molecule has 0 radical (unpaired) electrons. The Bertz CT molecular complexity index is 953. The van der Waals surface area contributed by atoms with Crippen LogP contribution in [0.4, 0.5) is 11.4 Å². The molecule has 8 nitrogen and oxygen atoms in total. The minimum atomic E-state index is -0.459. The Morgan fingerprint density at radius 2 is 1.86 bits per heavy atom. The van der Waals surface area contributed by atoms with Crippen molar-refractivity contribution < 1.29 is 9.72 Å². The summed E-state index contributed by atoms with van der Waals surface area (Å²) in [7, 11) is 1.98. The number of anilines is 1. The van der Waals surface area contributed by atoms with Gasteiger partial charge >= 0.3 is 0 Å². The Balaban J connectivity index is 1.60. The van der Waals surface area contributed by atoms with Crippen molar-refractivity contribution in [1.29, 1.82) is 0 Å². The first-order valence-corrected chi connectivity index (χ1v) is 8.82. The molecule has 0 saturated heterocycles. The monoisotopic (exact) mass is 379 g/mol. The molecule has 0 bridgehead atoms. The number of nitrogens with zero attached hydrogens (tertiary/aromatic N) is 4. The number of para-hydroxylation sites is 1. The number of hydrogen-bond acceptors (Lipinski definition) is 5. The second-order valence-electron chi connectivity index (χ2n) is 6.42. The van der Waals surface area contributed by atoms with Crippen LogP contribution in [-0.4, -0.2) is 40.2 Å². The molecule has 3 aromatic rings. The lowest BCUT2D eigenvalue weighted by Crippen LogP contribution is -2.40. The van der Waals surface area contributed by atoms with Gasteiger partial charge in [-0.2, -0.15) is 5.10 Å². The van der Waals surface area contributed by atoms with Crippen LogP contribution >= 0.6 is 0 Å². The molecule has 0 aliphatic carbocycles. The summed E-state index contributed by atoms with van der Waals surface area (Å²) in [5.41, 5.74) is 2.01. The average molecular weight is 379 g/mol. The van der Waals surface area contributed by atoms with Crippen molar-refractivity contribution in [2.45, 2.75) is 13.0 Å². The van der Waals surface area contributed by atoms with Crippen LogP contribution in [-0.2, 0) is 0 Å². The van der Waals surface area contributed by atoms with Gasteiger partial charge in [0.15, 0.2) is 5.69 Å². The Morgan fingerprint density at radius 1 is 1.18 bits per heavy atom. The van der Waals surface area contributed by atoms with Crippen LogP contribution in [0.2, 0.25) is 0 Å². The van der Waals surface area contributed by atoms with Crippen molar-refractivity contribution >= 4 is 17.3 Å². The standard InChI is InChI=1S/C20H21N5O3/c1-15(23(2)16-6-4-3-5-7-16)14-21-20(26)19-12-13-24(22-19)17-8-10-18(11-9-17)25(27)28/h3-13,15H,14H2,1-2H3,(H,21,26). The highest BCUT2D eigenvalue weighted by Gasteiger charge is 2.14. The molecule has 0 saturated carbocycles. The van der Waals surface area contributed by atoms with E-state index in [4.69, 9.17) is 0 Å². The normalized spacial score (nSPS) is 11.6. The topological polar surface area (TPSA) is 93.3 Å². The third kappa shape index (κ3) is 4.35. The molecular weight excluding hydrogens is 358 g/mol. The highest BCUT2D eigenvalue weighted by atomic mass is 16.6. The second kappa shape index (κ2) is 8.34. The number of benzene rings is 2. The van der Waals surface area contributed by atoms with E-state index in [1.807, 2.05) is 44.3 Å². The van der Waals surface area contributed by atoms with Crippen LogP contribution < -0.4 is 10.2 Å². The van der Waals surface area contributed by atoms with Crippen molar-refractivity contribution in [3.63, 3.8) is 0 Å². The van der Waals surface area contributed by atoms with Gasteiger partial charge < -0.3 is 10.2 Å². The number of carbonyl (C=O) groups excluding carboxylic acids is 1. The lowest BCUT2D eigenvalue weighted by molar-refractivity contribution is -0.384. The number of nitro benzene ring substituents is 1. The van der Waals surface area contributed by atoms with E-state index in [0.717, 1.165) is 5.69 Å². The molecule has 1 atom stereocenters. The average Bonchev–Trinajstić information content (AvgIpc) is 3.22. The number of amides is 1. The van der Waals surface area contributed by atoms with Gasteiger partial charge in [0.25, 0.3) is 11.6 Å². The van der Waals surface area contributed by atoms with Gasteiger partial charge in [0.2, 0.25) is 0 Å². The number of carbonyl (C=O) groups is 1. The van der Waals surface area contributed by atoms with E-state index in [-0.39, 0.29) is 23.3 Å². The predicted molar refractivity (Wildman–Crippen MR) is 107 cm³/mol. The predicted octanol–water partition coefficient (Wildman–Crippen LogP) is 3.04. The fourth-order valence-corrected chi connectivity index (χ4v) is 2.70. The SMILES string of the molecule is CC(CNC(=O)c1ccn(-c2ccc([N+](=O)[O-])cc2)n1)N(C)c1ccccc1. The Labute approximate surface area is 162 Å². The molecule has 0 fully saturated rings. The van der Waals surface area contributed by atoms with Gasteiger partial charge in [-0.05, 0) is 37.3 Å². The molecule has 1 unspecified atom stereocenters. The Kier molecular flexibility index (Phi) is 5.69. The molecule has 3 rings (SSSR count). The van der Waals surface area contributed by atoms with E-state index in [9.17, 15) is 14.9 Å². The molecule has 1 heterocycles. The lowest BCUT2D eigenvalue weighted by Gasteiger charge is -2.27. The first kappa shape index (κ1) is 19.1. The van der Waals surface area contributed by atoms with Crippen LogP contribution in [0, 0.1) is 10.1 Å². The summed E-state index contributed by atoms with van der Waals surface area (Å²) in [6.45, 7) is 2.50. The first-order chi connectivity index (χ1) is 13.5. The maximum atomic E-state index is 12.4. The molecular formula is C20H21N5O3. The second-order valence-corrected chi connectivity index (χ2v) is 6.42. The van der Waals surface area contributed by atoms with Gasteiger partial charge in [0.05, 0.1) is 10.6 Å². The number of rotatable bonds is 7. The number of nitro groups is 1. The molecule has 0 aliphatic rings. The number of aromatic nitrogens is 2. The first-order valence-electron chi connectivity index (χ1n) is 8.82. The zero-order valence-corrected chi connectivity index (χ0v) is 15.6. The summed E-state index contributed by atoms with van der Waals surface area (Å²) in [4.78, 5) is 24.8. The maximum Gasteiger partial charge on any atom is 0.271 e. The largest absolute Gasteiger partial charge is 0.370 e. The van der Waals surface area contributed by atoms with E-state index >= 15 is 0 Å². The van der Waals surface area contributed by atoms with E-state index in [1.165, 1.54) is 16.8 Å². The molecule has 0 aliphatic heterocycles. The third-order valence-corrected chi connectivity index (χ3v) is 4.53. The highest BCUT2D eigenvalue weighted by molar-refractivity contribution is 5.92. The van der Waals surface area contributed by atoms with Crippen molar-refractivity contribution in [3.8, 4) is 5.69 Å². The van der Waals surface area contributed by atoms with Crippen molar-refractivity contribution in [2.24, 2.45) is 0 Å². The maximum absolute atomic E-state index is 12.4. The van der Waals surface area contributed by atoms with Gasteiger partial charge in [-0.1, -0.05) is 18.2 Å². The number of hydrogen-bond donors (Lipinski definition) is 1. The summed E-state index contributed by atoms with van der Waals surface area (Å²) >= 11 is 0. The summed E-state index contributed by atoms with van der Waals surface area (Å²) < 4.78 is 1.51. The fraction of sp³-hybridized carbons (Fsp3) is 0.200. The third-order valence-electron chi connectivity index (χ3n) is 4.53. The summed E-state index contributed by atoms with van der Waals surface area (Å²) in [6, 6.07) is 17.6. The van der Waals surface area contributed by atoms with E-state index in [1.54, 1.807) is 24.4 Å². The van der Waals surface area contributed by atoms with E-state index in [2.05, 4.69) is 15.3 Å². The number of likely N-dealkylation sites (N-methyl/N-ethyl adjacent to an activating group) is 1. The molecule has 8 heteroatoms. The quantitative estimate of drug-likeness (QED) is 0.503. The van der Waals surface area contributed by atoms with E-state index < -0.39 is 4.92 Å². The lowest BCUT2D eigenvalue weighted by atomic mass is 10.2. The zero-order chi connectivity index (χ0) is 20.1. The minimum absolute atomic E-state index is 0.00500. The minimum Gasteiger partial charge on any atom is -0.370 e.